The summed E-state index contributed by atoms with van der Waals surface area (Å²) in [5.74, 6) is 0. The molecule has 2 aromatic carbocycles. The molecule has 1 aromatic heterocycles. The molecule has 1 aliphatic heterocycles. The molecule has 1 unspecified atom stereocenters. The van der Waals surface area contributed by atoms with Crippen molar-refractivity contribution >= 4 is 22.5 Å². The smallest absolute Gasteiger partial charge is 0.154 e. The molecule has 20 heavy (non-hydrogen) atoms. The lowest BCUT2D eigenvalue weighted by atomic mass is 9.94. The van der Waals surface area contributed by atoms with E-state index in [1.165, 1.54) is 27.7 Å². The zero-order valence-electron chi connectivity index (χ0n) is 11.1. The molecule has 0 spiro atoms. The number of quaternary nitrogens is 1. The second-order valence-corrected chi connectivity index (χ2v) is 5.74. The molecule has 0 radical (unpaired) electrons. The molecular weight excluding hydrogens is 268 g/mol. The van der Waals surface area contributed by atoms with E-state index in [1.807, 2.05) is 12.1 Å². The summed E-state index contributed by atoms with van der Waals surface area (Å²) in [5.41, 5.74) is 5.19. The van der Waals surface area contributed by atoms with Gasteiger partial charge in [0.15, 0.2) is 6.04 Å². The van der Waals surface area contributed by atoms with Gasteiger partial charge in [-0.1, -0.05) is 48.0 Å². The summed E-state index contributed by atoms with van der Waals surface area (Å²) in [6.45, 7) is 1.10. The van der Waals surface area contributed by atoms with Crippen LogP contribution in [0.2, 0.25) is 5.02 Å². The normalized spacial score (nSPS) is 18.1. The van der Waals surface area contributed by atoms with E-state index in [2.05, 4.69) is 46.7 Å². The van der Waals surface area contributed by atoms with Gasteiger partial charge in [0.1, 0.15) is 0 Å². The standard InChI is InChI=1S/C17H15ClN2/c18-14-7-3-1-6-13(14)16-17-12(9-10-19-16)11-5-2-4-8-15(11)20-17/h1-8,16,19-20H,9-10H2/p+1. The first-order valence-corrected chi connectivity index (χ1v) is 7.39. The molecule has 3 aromatic rings. The fourth-order valence-corrected chi connectivity index (χ4v) is 3.53. The van der Waals surface area contributed by atoms with E-state index < -0.39 is 0 Å². The molecule has 0 bridgehead atoms. The summed E-state index contributed by atoms with van der Waals surface area (Å²) in [6, 6.07) is 17.0. The molecule has 3 N–H and O–H groups in total. The first kappa shape index (κ1) is 12.0. The molecule has 0 aliphatic carbocycles. The van der Waals surface area contributed by atoms with Crippen LogP contribution in [-0.4, -0.2) is 11.5 Å². The number of nitrogens with one attached hydrogen (secondary N) is 1. The topological polar surface area (TPSA) is 32.4 Å². The Morgan fingerprint density at radius 1 is 1.05 bits per heavy atom. The Hall–Kier alpha value is -1.77. The average molecular weight is 284 g/mol. The molecule has 0 saturated heterocycles. The highest BCUT2D eigenvalue weighted by Crippen LogP contribution is 2.32. The highest BCUT2D eigenvalue weighted by Gasteiger charge is 2.29. The van der Waals surface area contributed by atoms with Crippen LogP contribution in [0, 0.1) is 0 Å². The van der Waals surface area contributed by atoms with Crippen molar-refractivity contribution < 1.29 is 5.32 Å². The molecule has 1 atom stereocenters. The third-order valence-corrected chi connectivity index (χ3v) is 4.54. The molecule has 1 aliphatic rings. The minimum atomic E-state index is 0.278. The van der Waals surface area contributed by atoms with Crippen LogP contribution in [0.4, 0.5) is 0 Å². The number of H-pyrrole nitrogens is 1. The van der Waals surface area contributed by atoms with Crippen LogP contribution in [0.3, 0.4) is 0 Å². The lowest BCUT2D eigenvalue weighted by molar-refractivity contribution is -0.690. The summed E-state index contributed by atoms with van der Waals surface area (Å²) in [5, 5.41) is 4.58. The number of benzene rings is 2. The Morgan fingerprint density at radius 3 is 2.75 bits per heavy atom. The van der Waals surface area contributed by atoms with E-state index in [0.717, 1.165) is 18.0 Å². The van der Waals surface area contributed by atoms with Crippen LogP contribution in [0.25, 0.3) is 10.9 Å². The van der Waals surface area contributed by atoms with Crippen molar-refractivity contribution in [3.63, 3.8) is 0 Å². The number of hydrogen-bond acceptors (Lipinski definition) is 0. The number of halogens is 1. The van der Waals surface area contributed by atoms with Gasteiger partial charge in [0.05, 0.1) is 17.3 Å². The van der Waals surface area contributed by atoms with Gasteiger partial charge in [-0.3, -0.25) is 0 Å². The summed E-state index contributed by atoms with van der Waals surface area (Å²) < 4.78 is 0. The van der Waals surface area contributed by atoms with Crippen molar-refractivity contribution in [2.24, 2.45) is 0 Å². The Bertz CT molecular complexity index is 776. The van der Waals surface area contributed by atoms with Crippen molar-refractivity contribution in [3.05, 3.63) is 70.4 Å². The van der Waals surface area contributed by atoms with Gasteiger partial charge >= 0.3 is 0 Å². The molecule has 2 heterocycles. The largest absolute Gasteiger partial charge is 0.353 e. The van der Waals surface area contributed by atoms with E-state index in [1.54, 1.807) is 0 Å². The van der Waals surface area contributed by atoms with Crippen molar-refractivity contribution in [1.29, 1.82) is 0 Å². The SMILES string of the molecule is Clc1ccccc1C1[NH2+]CCc2c1[nH]c1ccccc21. The van der Waals surface area contributed by atoms with Crippen LogP contribution in [-0.2, 0) is 6.42 Å². The van der Waals surface area contributed by atoms with Gasteiger partial charge in [0.2, 0.25) is 0 Å². The molecule has 2 nitrogen and oxygen atoms in total. The maximum atomic E-state index is 6.39. The number of hydrogen-bond donors (Lipinski definition) is 2. The Labute approximate surface area is 122 Å². The number of para-hydroxylation sites is 1. The fourth-order valence-electron chi connectivity index (χ4n) is 3.28. The van der Waals surface area contributed by atoms with Crippen LogP contribution in [0.5, 0.6) is 0 Å². The summed E-state index contributed by atoms with van der Waals surface area (Å²) in [7, 11) is 0. The average Bonchev–Trinajstić information content (AvgIpc) is 2.86. The van der Waals surface area contributed by atoms with Crippen LogP contribution in [0.1, 0.15) is 22.9 Å². The second-order valence-electron chi connectivity index (χ2n) is 5.34. The first-order valence-electron chi connectivity index (χ1n) is 7.02. The van der Waals surface area contributed by atoms with Gasteiger partial charge < -0.3 is 10.3 Å². The first-order chi connectivity index (χ1) is 9.84. The van der Waals surface area contributed by atoms with Gasteiger partial charge in [0.25, 0.3) is 0 Å². The molecule has 0 fully saturated rings. The predicted octanol–water partition coefficient (Wildman–Crippen LogP) is 3.03. The van der Waals surface area contributed by atoms with E-state index in [0.29, 0.717) is 0 Å². The maximum absolute atomic E-state index is 6.39. The highest BCUT2D eigenvalue weighted by atomic mass is 35.5. The predicted molar refractivity (Wildman–Crippen MR) is 82.1 cm³/mol. The molecule has 100 valence electrons. The summed E-state index contributed by atoms with van der Waals surface area (Å²) in [4.78, 5) is 3.60. The van der Waals surface area contributed by atoms with Gasteiger partial charge in [-0.05, 0) is 17.7 Å². The van der Waals surface area contributed by atoms with Crippen LogP contribution in [0.15, 0.2) is 48.5 Å². The summed E-state index contributed by atoms with van der Waals surface area (Å²) in [6.07, 6.45) is 1.11. The second kappa shape index (κ2) is 4.65. The Kier molecular flexibility index (Phi) is 2.79. The monoisotopic (exact) mass is 283 g/mol. The van der Waals surface area contributed by atoms with E-state index in [-0.39, 0.29) is 6.04 Å². The van der Waals surface area contributed by atoms with Crippen molar-refractivity contribution in [3.8, 4) is 0 Å². The lowest BCUT2D eigenvalue weighted by Crippen LogP contribution is -2.87. The van der Waals surface area contributed by atoms with Gasteiger partial charge in [-0.15, -0.1) is 0 Å². The van der Waals surface area contributed by atoms with Crippen molar-refractivity contribution in [1.82, 2.24) is 4.98 Å². The van der Waals surface area contributed by atoms with Gasteiger partial charge in [-0.25, -0.2) is 0 Å². The minimum Gasteiger partial charge on any atom is -0.353 e. The molecule has 0 amide bonds. The minimum absolute atomic E-state index is 0.278. The van der Waals surface area contributed by atoms with Crippen LogP contribution < -0.4 is 5.32 Å². The Balaban J connectivity index is 1.92. The number of nitrogens with two attached hydrogens (primary N) is 1. The maximum Gasteiger partial charge on any atom is 0.154 e. The molecular formula is C17H16ClN2+. The zero-order valence-corrected chi connectivity index (χ0v) is 11.8. The number of fused-ring (bicyclic) bond motifs is 3. The highest BCUT2D eigenvalue weighted by molar-refractivity contribution is 6.31. The third-order valence-electron chi connectivity index (χ3n) is 4.19. The fraction of sp³-hybridized carbons (Fsp3) is 0.176. The molecule has 0 saturated carbocycles. The molecule has 3 heteroatoms. The van der Waals surface area contributed by atoms with Crippen LogP contribution >= 0.6 is 11.6 Å². The van der Waals surface area contributed by atoms with E-state index in [4.69, 9.17) is 11.6 Å². The Morgan fingerprint density at radius 2 is 1.85 bits per heavy atom. The number of rotatable bonds is 1. The van der Waals surface area contributed by atoms with E-state index in [9.17, 15) is 0 Å². The van der Waals surface area contributed by atoms with Crippen molar-refractivity contribution in [2.75, 3.05) is 6.54 Å². The number of aromatic nitrogens is 1. The zero-order chi connectivity index (χ0) is 13.5. The van der Waals surface area contributed by atoms with Crippen molar-refractivity contribution in [2.45, 2.75) is 12.5 Å². The van der Waals surface area contributed by atoms with E-state index >= 15 is 0 Å². The lowest BCUT2D eigenvalue weighted by Gasteiger charge is -2.22. The number of aromatic amines is 1. The molecule has 4 rings (SSSR count). The quantitative estimate of drug-likeness (QED) is 0.688. The third kappa shape index (κ3) is 1.76. The summed E-state index contributed by atoms with van der Waals surface area (Å²) >= 11 is 6.39. The van der Waals surface area contributed by atoms with Gasteiger partial charge in [0, 0.05) is 22.9 Å². The van der Waals surface area contributed by atoms with Gasteiger partial charge in [-0.2, -0.15) is 0 Å².